The molecule has 1 fully saturated rings. The van der Waals surface area contributed by atoms with E-state index < -0.39 is 0 Å². The van der Waals surface area contributed by atoms with Crippen LogP contribution < -0.4 is 4.74 Å². The van der Waals surface area contributed by atoms with Gasteiger partial charge < -0.3 is 14.4 Å². The van der Waals surface area contributed by atoms with Crippen molar-refractivity contribution < 1.29 is 14.3 Å². The van der Waals surface area contributed by atoms with Crippen LogP contribution in [0.1, 0.15) is 41.7 Å². The molecule has 2 aromatic rings. The van der Waals surface area contributed by atoms with Gasteiger partial charge >= 0.3 is 0 Å². The van der Waals surface area contributed by atoms with Gasteiger partial charge in [0.15, 0.2) is 5.69 Å². The van der Waals surface area contributed by atoms with Gasteiger partial charge in [-0.2, -0.15) is 5.10 Å². The average molecular weight is 328 g/mol. The quantitative estimate of drug-likeness (QED) is 0.928. The van der Waals surface area contributed by atoms with Gasteiger partial charge in [0.1, 0.15) is 6.10 Å². The number of aromatic nitrogens is 3. The van der Waals surface area contributed by atoms with Crippen LogP contribution in [0.25, 0.3) is 0 Å². The lowest BCUT2D eigenvalue weighted by Gasteiger charge is -2.38. The third-order valence-corrected chi connectivity index (χ3v) is 4.50. The smallest absolute Gasteiger partial charge is 0.274 e. The van der Waals surface area contributed by atoms with Crippen molar-refractivity contribution in [3.05, 3.63) is 41.3 Å². The van der Waals surface area contributed by atoms with E-state index in [2.05, 4.69) is 15.2 Å². The highest BCUT2D eigenvalue weighted by Gasteiger charge is 2.37. The van der Waals surface area contributed by atoms with E-state index in [0.29, 0.717) is 31.1 Å². The second kappa shape index (κ2) is 5.90. The monoisotopic (exact) mass is 328 g/mol. The predicted octanol–water partition coefficient (Wildman–Crippen LogP) is 1.73. The van der Waals surface area contributed by atoms with E-state index in [0.717, 1.165) is 11.3 Å². The summed E-state index contributed by atoms with van der Waals surface area (Å²) in [5, 5.41) is 7.21. The van der Waals surface area contributed by atoms with E-state index in [1.165, 1.54) is 0 Å². The van der Waals surface area contributed by atoms with Crippen LogP contribution in [0.5, 0.6) is 5.88 Å². The van der Waals surface area contributed by atoms with Crippen LogP contribution >= 0.6 is 0 Å². The van der Waals surface area contributed by atoms with Crippen molar-refractivity contribution in [3.8, 4) is 5.88 Å². The Balaban J connectivity index is 1.42. The molecular weight excluding hydrogens is 308 g/mol. The lowest BCUT2D eigenvalue weighted by Crippen LogP contribution is -2.56. The SMILES string of the molecule is C[C@@H]1Cc2c(C(=O)N3CC(Oc4ccccn4)C3)n[nH]c2[C@H](C)O1. The van der Waals surface area contributed by atoms with Gasteiger partial charge in [0.25, 0.3) is 5.91 Å². The van der Waals surface area contributed by atoms with E-state index in [1.807, 2.05) is 32.0 Å². The maximum absolute atomic E-state index is 12.7. The first kappa shape index (κ1) is 15.1. The molecule has 0 radical (unpaired) electrons. The zero-order valence-corrected chi connectivity index (χ0v) is 13.7. The van der Waals surface area contributed by atoms with E-state index in [4.69, 9.17) is 9.47 Å². The Labute approximate surface area is 140 Å². The molecule has 7 heteroatoms. The van der Waals surface area contributed by atoms with Crippen molar-refractivity contribution in [2.75, 3.05) is 13.1 Å². The van der Waals surface area contributed by atoms with Crippen molar-refractivity contribution in [1.82, 2.24) is 20.1 Å². The van der Waals surface area contributed by atoms with Gasteiger partial charge in [0, 0.05) is 24.2 Å². The summed E-state index contributed by atoms with van der Waals surface area (Å²) in [6.45, 7) is 5.10. The summed E-state index contributed by atoms with van der Waals surface area (Å²) in [5.41, 5.74) is 2.42. The number of carbonyl (C=O) groups excluding carboxylic acids is 1. The fraction of sp³-hybridized carbons (Fsp3) is 0.471. The molecule has 1 amide bonds. The summed E-state index contributed by atoms with van der Waals surface area (Å²) in [6.07, 6.45) is 2.42. The molecule has 2 aromatic heterocycles. The fourth-order valence-electron chi connectivity index (χ4n) is 3.27. The number of hydrogen-bond donors (Lipinski definition) is 1. The van der Waals surface area contributed by atoms with Crippen LogP contribution in [0, 0.1) is 0 Å². The molecule has 2 atom stereocenters. The van der Waals surface area contributed by atoms with Crippen LogP contribution in [-0.2, 0) is 11.2 Å². The van der Waals surface area contributed by atoms with Crippen LogP contribution in [0.2, 0.25) is 0 Å². The number of amides is 1. The topological polar surface area (TPSA) is 80.3 Å². The number of hydrogen-bond acceptors (Lipinski definition) is 5. The van der Waals surface area contributed by atoms with Crippen molar-refractivity contribution in [2.45, 2.75) is 38.6 Å². The van der Waals surface area contributed by atoms with Gasteiger partial charge in [-0.05, 0) is 19.9 Å². The van der Waals surface area contributed by atoms with E-state index in [-0.39, 0.29) is 24.2 Å². The van der Waals surface area contributed by atoms with Gasteiger partial charge in [0.05, 0.1) is 31.0 Å². The molecule has 2 aliphatic rings. The first-order chi connectivity index (χ1) is 11.6. The van der Waals surface area contributed by atoms with Crippen molar-refractivity contribution in [1.29, 1.82) is 0 Å². The summed E-state index contributed by atoms with van der Waals surface area (Å²) < 4.78 is 11.5. The standard InChI is InChI=1S/C17H20N4O3/c1-10-7-13-15(11(2)23-10)19-20-16(13)17(22)21-8-12(9-21)24-14-5-3-4-6-18-14/h3-6,10-12H,7-9H2,1-2H3,(H,19,20)/t10-,11+/m1/s1. The second-order valence-electron chi connectivity index (χ2n) is 6.38. The van der Waals surface area contributed by atoms with Crippen LogP contribution in [-0.4, -0.2) is 51.3 Å². The molecular formula is C17H20N4O3. The third-order valence-electron chi connectivity index (χ3n) is 4.50. The molecule has 0 bridgehead atoms. The molecule has 1 saturated heterocycles. The highest BCUT2D eigenvalue weighted by atomic mass is 16.5. The Hall–Kier alpha value is -2.41. The molecule has 24 heavy (non-hydrogen) atoms. The number of likely N-dealkylation sites (tertiary alicyclic amines) is 1. The zero-order valence-electron chi connectivity index (χ0n) is 13.7. The molecule has 1 N–H and O–H groups in total. The molecule has 2 aliphatic heterocycles. The molecule has 0 unspecified atom stereocenters. The van der Waals surface area contributed by atoms with E-state index in [1.54, 1.807) is 11.1 Å². The molecule has 0 aromatic carbocycles. The van der Waals surface area contributed by atoms with Crippen LogP contribution in [0.15, 0.2) is 24.4 Å². The fourth-order valence-corrected chi connectivity index (χ4v) is 3.27. The minimum Gasteiger partial charge on any atom is -0.471 e. The summed E-state index contributed by atoms with van der Waals surface area (Å²) in [4.78, 5) is 18.6. The zero-order chi connectivity index (χ0) is 16.7. The first-order valence-electron chi connectivity index (χ1n) is 8.21. The highest BCUT2D eigenvalue weighted by molar-refractivity contribution is 5.94. The molecule has 0 aliphatic carbocycles. The van der Waals surface area contributed by atoms with Gasteiger partial charge in [-0.3, -0.25) is 9.89 Å². The van der Waals surface area contributed by atoms with E-state index >= 15 is 0 Å². The lowest BCUT2D eigenvalue weighted by atomic mass is 9.98. The lowest BCUT2D eigenvalue weighted by molar-refractivity contribution is -0.00732. The minimum atomic E-state index is -0.0607. The highest BCUT2D eigenvalue weighted by Crippen LogP contribution is 2.31. The number of ether oxygens (including phenoxy) is 2. The molecule has 7 nitrogen and oxygen atoms in total. The number of aromatic amines is 1. The number of carbonyl (C=O) groups is 1. The number of rotatable bonds is 3. The van der Waals surface area contributed by atoms with Crippen molar-refractivity contribution in [2.24, 2.45) is 0 Å². The maximum Gasteiger partial charge on any atom is 0.274 e. The van der Waals surface area contributed by atoms with Gasteiger partial charge in [0.2, 0.25) is 5.88 Å². The Morgan fingerprint density at radius 2 is 2.21 bits per heavy atom. The van der Waals surface area contributed by atoms with Crippen molar-refractivity contribution >= 4 is 5.91 Å². The van der Waals surface area contributed by atoms with Gasteiger partial charge in [-0.15, -0.1) is 0 Å². The summed E-state index contributed by atoms with van der Waals surface area (Å²) >= 11 is 0. The normalized spacial score (nSPS) is 23.5. The average Bonchev–Trinajstić information content (AvgIpc) is 2.95. The summed E-state index contributed by atoms with van der Waals surface area (Å²) in [5.74, 6) is 0.543. The largest absolute Gasteiger partial charge is 0.471 e. The Kier molecular flexibility index (Phi) is 3.72. The number of nitrogens with zero attached hydrogens (tertiary/aromatic N) is 3. The third kappa shape index (κ3) is 2.65. The first-order valence-corrected chi connectivity index (χ1v) is 8.21. The van der Waals surface area contributed by atoms with Crippen molar-refractivity contribution in [3.63, 3.8) is 0 Å². The van der Waals surface area contributed by atoms with Crippen LogP contribution in [0.3, 0.4) is 0 Å². The molecule has 0 spiro atoms. The Morgan fingerprint density at radius 1 is 1.38 bits per heavy atom. The van der Waals surface area contributed by atoms with Gasteiger partial charge in [-0.1, -0.05) is 6.07 Å². The Morgan fingerprint density at radius 3 is 2.96 bits per heavy atom. The summed E-state index contributed by atoms with van der Waals surface area (Å²) in [6, 6.07) is 5.54. The summed E-state index contributed by atoms with van der Waals surface area (Å²) in [7, 11) is 0. The van der Waals surface area contributed by atoms with Gasteiger partial charge in [-0.25, -0.2) is 4.98 Å². The van der Waals surface area contributed by atoms with Crippen LogP contribution in [0.4, 0.5) is 0 Å². The van der Waals surface area contributed by atoms with E-state index in [9.17, 15) is 4.79 Å². The number of fused-ring (bicyclic) bond motifs is 1. The second-order valence-corrected chi connectivity index (χ2v) is 6.38. The number of pyridine rings is 1. The Bertz CT molecular complexity index is 740. The molecule has 0 saturated carbocycles. The number of nitrogens with one attached hydrogen (secondary N) is 1. The maximum atomic E-state index is 12.7. The minimum absolute atomic E-state index is 0.0141. The molecule has 126 valence electrons. The molecule has 4 rings (SSSR count). The number of H-pyrrole nitrogens is 1. The predicted molar refractivity (Wildman–Crippen MR) is 85.8 cm³/mol. The molecule has 4 heterocycles.